The fourth-order valence-electron chi connectivity index (χ4n) is 8.07. The summed E-state index contributed by atoms with van der Waals surface area (Å²) >= 11 is 0. The van der Waals surface area contributed by atoms with E-state index in [1.54, 1.807) is 0 Å². The van der Waals surface area contributed by atoms with Crippen molar-refractivity contribution >= 4 is 5.91 Å². The van der Waals surface area contributed by atoms with Crippen molar-refractivity contribution < 1.29 is 4.79 Å². The minimum absolute atomic E-state index is 0.156. The number of benzene rings is 1. The lowest BCUT2D eigenvalue weighted by Gasteiger charge is -2.56. The smallest absolute Gasteiger partial charge is 0.220 e. The predicted molar refractivity (Wildman–Crippen MR) is 133 cm³/mol. The van der Waals surface area contributed by atoms with Crippen LogP contribution in [0, 0.1) is 17.8 Å². The zero-order valence-electron chi connectivity index (χ0n) is 20.9. The Morgan fingerprint density at radius 2 is 1.88 bits per heavy atom. The van der Waals surface area contributed by atoms with Crippen LogP contribution in [-0.2, 0) is 23.2 Å². The highest BCUT2D eigenvalue weighted by atomic mass is 16.1. The SMILES string of the molecule is CC(C)c1ccc2c(c1)[C@@H](NC(=O)CCCn1cc(C34CC5CC(CC(C5)C3)C4)nn1)CCC2. The Bertz CT molecular complexity index is 1020. The monoisotopic (exact) mass is 460 g/mol. The number of carbonyl (C=O) groups excluding carboxylic acids is 1. The molecule has 5 nitrogen and oxygen atoms in total. The molecule has 1 aromatic heterocycles. The van der Waals surface area contributed by atoms with Crippen LogP contribution < -0.4 is 5.32 Å². The molecule has 4 fully saturated rings. The van der Waals surface area contributed by atoms with Crippen molar-refractivity contribution in [1.82, 2.24) is 20.3 Å². The van der Waals surface area contributed by atoms with E-state index in [1.807, 2.05) is 4.68 Å². The van der Waals surface area contributed by atoms with Crippen LogP contribution in [0.4, 0.5) is 0 Å². The number of nitrogens with one attached hydrogen (secondary N) is 1. The summed E-state index contributed by atoms with van der Waals surface area (Å²) in [5.41, 5.74) is 5.63. The highest BCUT2D eigenvalue weighted by molar-refractivity contribution is 5.76. The fraction of sp³-hybridized carbons (Fsp3) is 0.690. The Morgan fingerprint density at radius 1 is 1.15 bits per heavy atom. The lowest BCUT2D eigenvalue weighted by molar-refractivity contribution is -0.122. The average molecular weight is 461 g/mol. The molecule has 1 atom stereocenters. The Kier molecular flexibility index (Phi) is 5.77. The van der Waals surface area contributed by atoms with Gasteiger partial charge < -0.3 is 5.32 Å². The number of hydrogen-bond acceptors (Lipinski definition) is 3. The van der Waals surface area contributed by atoms with E-state index < -0.39 is 0 Å². The van der Waals surface area contributed by atoms with Gasteiger partial charge in [0, 0.05) is 24.6 Å². The van der Waals surface area contributed by atoms with E-state index in [0.717, 1.165) is 50.0 Å². The number of nitrogens with zero attached hydrogens (tertiary/aromatic N) is 3. The summed E-state index contributed by atoms with van der Waals surface area (Å²) in [5.74, 6) is 3.42. The van der Waals surface area contributed by atoms with Gasteiger partial charge in [0.25, 0.3) is 0 Å². The van der Waals surface area contributed by atoms with Gasteiger partial charge in [-0.15, -0.1) is 5.10 Å². The molecule has 182 valence electrons. The van der Waals surface area contributed by atoms with Gasteiger partial charge >= 0.3 is 0 Å². The zero-order valence-corrected chi connectivity index (χ0v) is 20.9. The van der Waals surface area contributed by atoms with E-state index in [-0.39, 0.29) is 11.9 Å². The van der Waals surface area contributed by atoms with Crippen molar-refractivity contribution in [3.8, 4) is 0 Å². The third kappa shape index (κ3) is 4.20. The van der Waals surface area contributed by atoms with Crippen molar-refractivity contribution in [1.29, 1.82) is 0 Å². The molecule has 5 heteroatoms. The molecule has 0 saturated heterocycles. The summed E-state index contributed by atoms with van der Waals surface area (Å²) in [6.07, 6.45) is 15.2. The predicted octanol–water partition coefficient (Wildman–Crippen LogP) is 5.84. The van der Waals surface area contributed by atoms with E-state index in [1.165, 1.54) is 60.9 Å². The van der Waals surface area contributed by atoms with Gasteiger partial charge in [-0.2, -0.15) is 0 Å². The normalized spacial score (nSPS) is 31.6. The summed E-state index contributed by atoms with van der Waals surface area (Å²) in [6, 6.07) is 7.01. The average Bonchev–Trinajstić information content (AvgIpc) is 3.28. The summed E-state index contributed by atoms with van der Waals surface area (Å²) in [6.45, 7) is 5.24. The van der Waals surface area contributed by atoms with Gasteiger partial charge in [0.05, 0.1) is 11.7 Å². The molecule has 34 heavy (non-hydrogen) atoms. The molecule has 4 saturated carbocycles. The fourth-order valence-corrected chi connectivity index (χ4v) is 8.07. The van der Waals surface area contributed by atoms with Crippen molar-refractivity contribution in [2.45, 2.75) is 108 Å². The number of fused-ring (bicyclic) bond motifs is 1. The molecular formula is C29H40N4O. The number of hydrogen-bond donors (Lipinski definition) is 1. The van der Waals surface area contributed by atoms with Crippen LogP contribution in [0.25, 0.3) is 0 Å². The van der Waals surface area contributed by atoms with Gasteiger partial charge in [0.2, 0.25) is 5.91 Å². The lowest BCUT2D eigenvalue weighted by Crippen LogP contribution is -2.48. The summed E-state index contributed by atoms with van der Waals surface area (Å²) in [7, 11) is 0. The molecule has 0 radical (unpaired) electrons. The highest BCUT2D eigenvalue weighted by Gasteiger charge is 2.52. The minimum atomic E-state index is 0.156. The molecule has 5 aliphatic carbocycles. The molecule has 0 spiro atoms. The molecule has 4 bridgehead atoms. The Labute approximate surface area is 204 Å². The first-order valence-electron chi connectivity index (χ1n) is 13.8. The Hall–Kier alpha value is -2.17. The quantitative estimate of drug-likeness (QED) is 0.564. The van der Waals surface area contributed by atoms with Gasteiger partial charge in [0.1, 0.15) is 0 Å². The second-order valence-electron chi connectivity index (χ2n) is 12.3. The third-order valence-electron chi connectivity index (χ3n) is 9.40. The van der Waals surface area contributed by atoms with Crippen LogP contribution >= 0.6 is 0 Å². The number of aryl methyl sites for hydroxylation is 2. The maximum absolute atomic E-state index is 12.8. The molecule has 1 amide bonds. The molecule has 0 aliphatic heterocycles. The second kappa shape index (κ2) is 8.80. The summed E-state index contributed by atoms with van der Waals surface area (Å²) in [5, 5.41) is 12.5. The van der Waals surface area contributed by atoms with Crippen molar-refractivity contribution in [2.75, 3.05) is 0 Å². The number of amides is 1. The standard InChI is InChI=1S/C29H40N4O/c1-19(2)24-9-8-23-5-3-6-26(25(23)14-24)30-28(34)7-4-10-33-18-27(31-32-33)29-15-20-11-21(16-29)13-22(12-20)17-29/h8-9,14,18-22,26H,3-7,10-13,15-17H2,1-2H3,(H,30,34)/t20?,21?,22?,26-,29?/m0/s1. The molecule has 7 rings (SSSR count). The minimum Gasteiger partial charge on any atom is -0.349 e. The number of aromatic nitrogens is 3. The van der Waals surface area contributed by atoms with Crippen LogP contribution in [0.3, 0.4) is 0 Å². The van der Waals surface area contributed by atoms with E-state index >= 15 is 0 Å². The van der Waals surface area contributed by atoms with Gasteiger partial charge in [-0.05, 0) is 105 Å². The van der Waals surface area contributed by atoms with Gasteiger partial charge in [-0.25, -0.2) is 0 Å². The van der Waals surface area contributed by atoms with Crippen LogP contribution in [0.1, 0.15) is 112 Å². The largest absolute Gasteiger partial charge is 0.349 e. The molecule has 1 N–H and O–H groups in total. The topological polar surface area (TPSA) is 59.8 Å². The highest BCUT2D eigenvalue weighted by Crippen LogP contribution is 2.60. The van der Waals surface area contributed by atoms with Crippen LogP contribution in [-0.4, -0.2) is 20.9 Å². The van der Waals surface area contributed by atoms with Gasteiger partial charge in [0.15, 0.2) is 0 Å². The number of carbonyl (C=O) groups is 1. The molecule has 0 unspecified atom stereocenters. The zero-order chi connectivity index (χ0) is 23.3. The molecule has 2 aromatic rings. The van der Waals surface area contributed by atoms with Crippen LogP contribution in [0.5, 0.6) is 0 Å². The summed E-state index contributed by atoms with van der Waals surface area (Å²) in [4.78, 5) is 12.8. The lowest BCUT2D eigenvalue weighted by atomic mass is 9.49. The Morgan fingerprint density at radius 3 is 2.59 bits per heavy atom. The Balaban J connectivity index is 1.04. The van der Waals surface area contributed by atoms with Crippen molar-refractivity contribution in [2.24, 2.45) is 17.8 Å². The molecule has 1 heterocycles. The van der Waals surface area contributed by atoms with Crippen LogP contribution in [0.2, 0.25) is 0 Å². The second-order valence-corrected chi connectivity index (χ2v) is 12.3. The first-order valence-corrected chi connectivity index (χ1v) is 13.8. The molecule has 5 aliphatic rings. The molecular weight excluding hydrogens is 420 g/mol. The van der Waals surface area contributed by atoms with E-state index in [2.05, 4.69) is 53.9 Å². The first-order chi connectivity index (χ1) is 16.5. The number of rotatable bonds is 7. The van der Waals surface area contributed by atoms with Crippen molar-refractivity contribution in [3.05, 3.63) is 46.8 Å². The van der Waals surface area contributed by atoms with E-state index in [4.69, 9.17) is 0 Å². The van der Waals surface area contributed by atoms with Gasteiger partial charge in [-0.3, -0.25) is 9.48 Å². The first kappa shape index (κ1) is 22.3. The van der Waals surface area contributed by atoms with Crippen molar-refractivity contribution in [3.63, 3.8) is 0 Å². The molecule has 1 aromatic carbocycles. The summed E-state index contributed by atoms with van der Waals surface area (Å²) < 4.78 is 1.99. The maximum atomic E-state index is 12.8. The van der Waals surface area contributed by atoms with E-state index in [0.29, 0.717) is 17.8 Å². The van der Waals surface area contributed by atoms with E-state index in [9.17, 15) is 4.79 Å². The van der Waals surface area contributed by atoms with Gasteiger partial charge in [-0.1, -0.05) is 37.3 Å². The third-order valence-corrected chi connectivity index (χ3v) is 9.40. The maximum Gasteiger partial charge on any atom is 0.220 e. The van der Waals surface area contributed by atoms with Crippen LogP contribution in [0.15, 0.2) is 24.4 Å².